The third-order valence-electron chi connectivity index (χ3n) is 5.45. The molecule has 0 spiro atoms. The number of aromatic hydroxyl groups is 1. The Bertz CT molecular complexity index is 1170. The van der Waals surface area contributed by atoms with E-state index in [0.717, 1.165) is 14.7 Å². The number of phenolic OH excluding ortho intramolecular Hbond substituents is 1. The van der Waals surface area contributed by atoms with Crippen molar-refractivity contribution in [2.75, 3.05) is 10.8 Å². The van der Waals surface area contributed by atoms with Crippen LogP contribution in [0.2, 0.25) is 0 Å². The van der Waals surface area contributed by atoms with E-state index in [2.05, 4.69) is 4.74 Å². The van der Waals surface area contributed by atoms with E-state index >= 15 is 4.39 Å². The Kier molecular flexibility index (Phi) is 8.59. The normalized spacial score (nSPS) is 17.7. The number of hydrogen-bond donors (Lipinski definition) is 2. The van der Waals surface area contributed by atoms with Crippen LogP contribution >= 0.6 is 0 Å². The fourth-order valence-electron chi connectivity index (χ4n) is 3.50. The maximum absolute atomic E-state index is 15.6. The van der Waals surface area contributed by atoms with Crippen molar-refractivity contribution in [2.24, 2.45) is 11.7 Å². The molecule has 36 heavy (non-hydrogen) atoms. The van der Waals surface area contributed by atoms with Gasteiger partial charge in [0.25, 0.3) is 5.91 Å². The number of alkyl halides is 2. The molecule has 1 saturated heterocycles. The molecule has 2 aromatic rings. The SMILES string of the molecule is CC(C)C(N)C(=O)OC(C)N1C(=O)CN(c2c(O)ccc(-c3cccc(COC(F)F)c3)c2F)S1=O. The first-order chi connectivity index (χ1) is 16.9. The molecule has 9 nitrogen and oxygen atoms in total. The van der Waals surface area contributed by atoms with E-state index in [1.807, 2.05) is 0 Å². The molecule has 3 atom stereocenters. The minimum atomic E-state index is -2.97. The van der Waals surface area contributed by atoms with E-state index in [-0.39, 0.29) is 17.0 Å². The summed E-state index contributed by atoms with van der Waals surface area (Å²) in [6, 6.07) is 7.44. The zero-order chi connectivity index (χ0) is 26.7. The number of halogens is 3. The molecule has 1 heterocycles. The number of carbonyl (C=O) groups is 2. The fraction of sp³-hybridized carbons (Fsp3) is 0.391. The molecule has 0 aromatic heterocycles. The van der Waals surface area contributed by atoms with Crippen LogP contribution in [-0.4, -0.2) is 50.9 Å². The number of nitrogens with two attached hydrogens (primary N) is 1. The number of rotatable bonds is 9. The molecule has 3 rings (SSSR count). The van der Waals surface area contributed by atoms with E-state index in [4.69, 9.17) is 10.5 Å². The molecular formula is C23H26F3N3O6S. The summed E-state index contributed by atoms with van der Waals surface area (Å²) < 4.78 is 64.6. The zero-order valence-corrected chi connectivity index (χ0v) is 20.5. The van der Waals surface area contributed by atoms with Gasteiger partial charge >= 0.3 is 12.6 Å². The van der Waals surface area contributed by atoms with Gasteiger partial charge in [-0.1, -0.05) is 32.0 Å². The molecule has 0 bridgehead atoms. The van der Waals surface area contributed by atoms with Crippen molar-refractivity contribution in [1.82, 2.24) is 4.31 Å². The minimum absolute atomic E-state index is 0.0352. The molecule has 1 aliphatic heterocycles. The first-order valence-electron chi connectivity index (χ1n) is 10.9. The van der Waals surface area contributed by atoms with E-state index < -0.39 is 72.3 Å². The van der Waals surface area contributed by atoms with E-state index in [0.29, 0.717) is 5.56 Å². The van der Waals surface area contributed by atoms with Crippen molar-refractivity contribution in [1.29, 1.82) is 0 Å². The van der Waals surface area contributed by atoms with E-state index in [9.17, 15) is 27.7 Å². The zero-order valence-electron chi connectivity index (χ0n) is 19.7. The highest BCUT2D eigenvalue weighted by Gasteiger charge is 2.43. The standard InChI is InChI=1S/C23H26F3N3O6S/c1-12(2)20(27)22(32)35-13(3)29-18(31)10-28(36(29)33)21-17(30)8-7-16(19(21)24)15-6-4-5-14(9-15)11-34-23(25)26/h4-9,12-13,20,23,30H,10-11,27H2,1-3H3. The van der Waals surface area contributed by atoms with Crippen molar-refractivity contribution in [2.45, 2.75) is 46.3 Å². The fourth-order valence-corrected chi connectivity index (χ4v) is 4.79. The van der Waals surface area contributed by atoms with Gasteiger partial charge in [0.1, 0.15) is 24.0 Å². The van der Waals surface area contributed by atoms with Gasteiger partial charge in [-0.25, -0.2) is 12.9 Å². The maximum Gasteiger partial charge on any atom is 0.345 e. The third kappa shape index (κ3) is 5.79. The molecule has 3 N–H and O–H groups in total. The highest BCUT2D eigenvalue weighted by atomic mass is 32.2. The van der Waals surface area contributed by atoms with Crippen molar-refractivity contribution in [3.05, 3.63) is 47.8 Å². The Hall–Kier alpha value is -3.16. The lowest BCUT2D eigenvalue weighted by atomic mass is 10.0. The molecule has 2 aromatic carbocycles. The summed E-state index contributed by atoms with van der Waals surface area (Å²) in [5, 5.41) is 10.4. The van der Waals surface area contributed by atoms with Crippen molar-refractivity contribution < 1.29 is 41.5 Å². The summed E-state index contributed by atoms with van der Waals surface area (Å²) >= 11 is -2.35. The van der Waals surface area contributed by atoms with Crippen LogP contribution < -0.4 is 10.0 Å². The highest BCUT2D eigenvalue weighted by Crippen LogP contribution is 2.39. The number of esters is 1. The van der Waals surface area contributed by atoms with Gasteiger partial charge in [0.2, 0.25) is 11.2 Å². The van der Waals surface area contributed by atoms with Crippen LogP contribution in [0.3, 0.4) is 0 Å². The van der Waals surface area contributed by atoms with Crippen LogP contribution in [0.15, 0.2) is 36.4 Å². The average Bonchev–Trinajstić information content (AvgIpc) is 3.10. The first kappa shape index (κ1) is 27.4. The van der Waals surface area contributed by atoms with Gasteiger partial charge in [-0.3, -0.25) is 13.9 Å². The second kappa shape index (κ2) is 11.3. The second-order valence-corrected chi connectivity index (χ2v) is 9.66. The predicted molar refractivity (Wildman–Crippen MR) is 125 cm³/mol. The number of ether oxygens (including phenoxy) is 2. The Morgan fingerprint density at radius 3 is 2.56 bits per heavy atom. The minimum Gasteiger partial charge on any atom is -0.506 e. The van der Waals surface area contributed by atoms with Gasteiger partial charge in [-0.2, -0.15) is 8.78 Å². The van der Waals surface area contributed by atoms with Gasteiger partial charge in [0.15, 0.2) is 12.0 Å². The number of carbonyl (C=O) groups excluding carboxylic acids is 2. The van der Waals surface area contributed by atoms with Crippen LogP contribution in [0.5, 0.6) is 5.75 Å². The lowest BCUT2D eigenvalue weighted by molar-refractivity contribution is -0.158. The molecular weight excluding hydrogens is 503 g/mol. The summed E-state index contributed by atoms with van der Waals surface area (Å²) in [4.78, 5) is 24.8. The average molecular weight is 530 g/mol. The molecule has 1 fully saturated rings. The lowest BCUT2D eigenvalue weighted by Gasteiger charge is -2.25. The Balaban J connectivity index is 1.89. The number of anilines is 1. The molecule has 3 unspecified atom stereocenters. The molecule has 0 saturated carbocycles. The largest absolute Gasteiger partial charge is 0.506 e. The van der Waals surface area contributed by atoms with E-state index in [1.54, 1.807) is 13.8 Å². The van der Waals surface area contributed by atoms with Crippen molar-refractivity contribution in [3.63, 3.8) is 0 Å². The molecule has 0 aliphatic carbocycles. The number of benzene rings is 2. The van der Waals surface area contributed by atoms with E-state index in [1.165, 1.54) is 37.3 Å². The van der Waals surface area contributed by atoms with Crippen LogP contribution in [0.1, 0.15) is 26.3 Å². The van der Waals surface area contributed by atoms with Gasteiger partial charge in [0, 0.05) is 5.56 Å². The predicted octanol–water partition coefficient (Wildman–Crippen LogP) is 3.04. The molecule has 1 amide bonds. The van der Waals surface area contributed by atoms with Crippen LogP contribution in [0, 0.1) is 11.7 Å². The summed E-state index contributed by atoms with van der Waals surface area (Å²) in [7, 11) is 0. The monoisotopic (exact) mass is 529 g/mol. The number of nitrogens with zero attached hydrogens (tertiary/aromatic N) is 2. The Labute approximate surface area is 208 Å². The van der Waals surface area contributed by atoms with Crippen LogP contribution in [0.25, 0.3) is 11.1 Å². The Morgan fingerprint density at radius 2 is 1.92 bits per heavy atom. The maximum atomic E-state index is 15.6. The van der Waals surface area contributed by atoms with Crippen LogP contribution in [0.4, 0.5) is 18.9 Å². The summed E-state index contributed by atoms with van der Waals surface area (Å²) in [6.45, 7) is 0.786. The first-order valence-corrected chi connectivity index (χ1v) is 12.0. The molecule has 196 valence electrons. The summed E-state index contributed by atoms with van der Waals surface area (Å²) in [5.74, 6) is -3.34. The van der Waals surface area contributed by atoms with Crippen LogP contribution in [-0.2, 0) is 36.8 Å². The highest BCUT2D eigenvalue weighted by molar-refractivity contribution is 7.85. The van der Waals surface area contributed by atoms with Crippen molar-refractivity contribution in [3.8, 4) is 16.9 Å². The van der Waals surface area contributed by atoms with Gasteiger partial charge < -0.3 is 20.3 Å². The number of phenols is 1. The summed E-state index contributed by atoms with van der Waals surface area (Å²) in [5.41, 5.74) is 5.85. The lowest BCUT2D eigenvalue weighted by Crippen LogP contribution is -2.44. The smallest absolute Gasteiger partial charge is 0.345 e. The second-order valence-electron chi connectivity index (χ2n) is 8.36. The van der Waals surface area contributed by atoms with Gasteiger partial charge in [-0.15, -0.1) is 0 Å². The molecule has 0 radical (unpaired) electrons. The topological polar surface area (TPSA) is 122 Å². The number of hydrogen-bond acceptors (Lipinski definition) is 7. The van der Waals surface area contributed by atoms with Crippen molar-refractivity contribution >= 4 is 28.7 Å². The molecule has 1 aliphatic rings. The third-order valence-corrected chi connectivity index (χ3v) is 6.97. The number of amides is 1. The Morgan fingerprint density at radius 1 is 1.22 bits per heavy atom. The van der Waals surface area contributed by atoms with Gasteiger partial charge in [0.05, 0.1) is 6.61 Å². The molecule has 13 heteroatoms. The van der Waals surface area contributed by atoms with Gasteiger partial charge in [-0.05, 0) is 42.2 Å². The summed E-state index contributed by atoms with van der Waals surface area (Å²) in [6.07, 6.45) is -1.28. The quantitative estimate of drug-likeness (QED) is 0.479.